The monoisotopic (exact) mass is 334 g/mol. The maximum Gasteiger partial charge on any atom is 0.410 e. The molecule has 1 saturated heterocycles. The number of methoxy groups -OCH3 is 1. The van der Waals surface area contributed by atoms with Gasteiger partial charge in [-0.3, -0.25) is 0 Å². The van der Waals surface area contributed by atoms with E-state index in [-0.39, 0.29) is 6.09 Å². The number of aromatic nitrogens is 1. The number of carbonyl (C=O) groups excluding carboxylic acids is 1. The third-order valence-electron chi connectivity index (χ3n) is 3.80. The first-order valence-electron chi connectivity index (χ1n) is 8.11. The van der Waals surface area contributed by atoms with Gasteiger partial charge in [-0.1, -0.05) is 12.1 Å². The van der Waals surface area contributed by atoms with Crippen LogP contribution in [-0.4, -0.2) is 52.5 Å². The smallest absolute Gasteiger partial charge is 0.410 e. The highest BCUT2D eigenvalue weighted by Gasteiger charge is 2.33. The van der Waals surface area contributed by atoms with Gasteiger partial charge in [-0.05, 0) is 45.8 Å². The van der Waals surface area contributed by atoms with Gasteiger partial charge in [-0.2, -0.15) is 0 Å². The highest BCUT2D eigenvalue weighted by atomic mass is 16.6. The Bertz CT molecular complexity index is 599. The molecule has 0 atom stereocenters. The van der Waals surface area contributed by atoms with Crippen molar-refractivity contribution in [1.82, 2.24) is 9.88 Å². The molecule has 132 valence electrons. The van der Waals surface area contributed by atoms with Gasteiger partial charge in [0.1, 0.15) is 5.60 Å². The van der Waals surface area contributed by atoms with E-state index < -0.39 is 11.2 Å². The summed E-state index contributed by atoms with van der Waals surface area (Å²) in [7, 11) is 1.57. The van der Waals surface area contributed by atoms with Crippen LogP contribution >= 0.6 is 0 Å². The minimum Gasteiger partial charge on any atom is -0.481 e. The molecule has 2 heterocycles. The number of rotatable bonds is 3. The van der Waals surface area contributed by atoms with E-state index >= 15 is 0 Å². The van der Waals surface area contributed by atoms with Crippen molar-refractivity contribution in [2.45, 2.75) is 44.8 Å². The lowest BCUT2D eigenvalue weighted by molar-refractivity contribution is -0.00828. The van der Waals surface area contributed by atoms with E-state index in [4.69, 9.17) is 9.47 Å². The number of ether oxygens (including phenoxy) is 2. The summed E-state index contributed by atoms with van der Waals surface area (Å²) in [5.41, 5.74) is -0.733. The summed E-state index contributed by atoms with van der Waals surface area (Å²) in [6.07, 6.45) is 4.13. The first kappa shape index (κ1) is 18.3. The number of piperidine rings is 1. The second-order valence-electron chi connectivity index (χ2n) is 7.01. The lowest BCUT2D eigenvalue weighted by atomic mass is 9.91. The van der Waals surface area contributed by atoms with Crippen LogP contribution in [0.4, 0.5) is 4.79 Å². The lowest BCUT2D eigenvalue weighted by Crippen LogP contribution is -2.47. The van der Waals surface area contributed by atoms with Crippen LogP contribution < -0.4 is 4.74 Å². The van der Waals surface area contributed by atoms with Gasteiger partial charge < -0.3 is 19.5 Å². The van der Waals surface area contributed by atoms with Crippen molar-refractivity contribution in [2.75, 3.05) is 20.2 Å². The minimum atomic E-state index is -0.941. The van der Waals surface area contributed by atoms with Gasteiger partial charge in [0.2, 0.25) is 5.88 Å². The van der Waals surface area contributed by atoms with E-state index in [0.717, 1.165) is 5.69 Å². The van der Waals surface area contributed by atoms with Crippen molar-refractivity contribution in [3.63, 3.8) is 0 Å². The van der Waals surface area contributed by atoms with Gasteiger partial charge in [0.05, 0.1) is 18.4 Å². The molecule has 0 unspecified atom stereocenters. The lowest BCUT2D eigenvalue weighted by Gasteiger charge is -2.37. The van der Waals surface area contributed by atoms with Gasteiger partial charge in [0.25, 0.3) is 0 Å². The molecule has 24 heavy (non-hydrogen) atoms. The molecule has 1 aromatic rings. The summed E-state index contributed by atoms with van der Waals surface area (Å²) in [5, 5.41) is 10.7. The minimum absolute atomic E-state index is 0.331. The third-order valence-corrected chi connectivity index (χ3v) is 3.80. The molecule has 1 fully saturated rings. The second-order valence-corrected chi connectivity index (χ2v) is 7.01. The SMILES string of the molecule is COc1cccc(/C=C/C2(O)CCN(C(=O)OC(C)(C)C)CC2)n1. The highest BCUT2D eigenvalue weighted by molar-refractivity contribution is 5.68. The number of pyridine rings is 1. The van der Waals surface area contributed by atoms with E-state index in [0.29, 0.717) is 31.8 Å². The van der Waals surface area contributed by atoms with Crippen LogP contribution in [0.2, 0.25) is 0 Å². The Balaban J connectivity index is 1.94. The van der Waals surface area contributed by atoms with Crippen LogP contribution in [0.1, 0.15) is 39.3 Å². The van der Waals surface area contributed by atoms with Crippen LogP contribution in [0, 0.1) is 0 Å². The van der Waals surface area contributed by atoms with Gasteiger partial charge in [-0.25, -0.2) is 9.78 Å². The van der Waals surface area contributed by atoms with Crippen molar-refractivity contribution in [1.29, 1.82) is 0 Å². The average Bonchev–Trinajstić information content (AvgIpc) is 2.52. The number of nitrogens with zero attached hydrogens (tertiary/aromatic N) is 2. The maximum absolute atomic E-state index is 12.1. The predicted octanol–water partition coefficient (Wildman–Crippen LogP) is 2.87. The first-order chi connectivity index (χ1) is 11.2. The molecule has 6 nitrogen and oxygen atoms in total. The zero-order chi connectivity index (χ0) is 17.8. The summed E-state index contributed by atoms with van der Waals surface area (Å²) < 4.78 is 10.5. The maximum atomic E-state index is 12.1. The number of carbonyl (C=O) groups is 1. The summed E-state index contributed by atoms with van der Waals surface area (Å²) in [6, 6.07) is 5.46. The topological polar surface area (TPSA) is 71.9 Å². The molecule has 0 aromatic carbocycles. The standard InChI is InChI=1S/C18H26N2O4/c1-17(2,3)24-16(21)20-12-10-18(22,11-13-20)9-8-14-6-5-7-15(19-14)23-4/h5-9,22H,10-13H2,1-4H3/b9-8+. The molecule has 1 aliphatic rings. The van der Waals surface area contributed by atoms with Gasteiger partial charge in [0.15, 0.2) is 0 Å². The molecule has 6 heteroatoms. The summed E-state index contributed by atoms with van der Waals surface area (Å²) in [5.74, 6) is 0.531. The Hall–Kier alpha value is -2.08. The molecule has 0 radical (unpaired) electrons. The Labute approximate surface area is 143 Å². The van der Waals surface area contributed by atoms with E-state index in [9.17, 15) is 9.90 Å². The van der Waals surface area contributed by atoms with Crippen molar-refractivity contribution in [2.24, 2.45) is 0 Å². The number of hydrogen-bond donors (Lipinski definition) is 1. The molecule has 0 bridgehead atoms. The first-order valence-corrected chi connectivity index (χ1v) is 8.11. The summed E-state index contributed by atoms with van der Waals surface area (Å²) >= 11 is 0. The van der Waals surface area contributed by atoms with E-state index in [2.05, 4.69) is 4.98 Å². The van der Waals surface area contributed by atoms with Crippen LogP contribution in [-0.2, 0) is 4.74 Å². The summed E-state index contributed by atoms with van der Waals surface area (Å²) in [4.78, 5) is 18.0. The Morgan fingerprint density at radius 3 is 2.58 bits per heavy atom. The van der Waals surface area contributed by atoms with Gasteiger partial charge >= 0.3 is 6.09 Å². The van der Waals surface area contributed by atoms with Crippen molar-refractivity contribution in [3.05, 3.63) is 30.0 Å². The summed E-state index contributed by atoms with van der Waals surface area (Å²) in [6.45, 7) is 6.45. The zero-order valence-corrected chi connectivity index (χ0v) is 14.8. The van der Waals surface area contributed by atoms with Crippen LogP contribution in [0.15, 0.2) is 24.3 Å². The van der Waals surface area contributed by atoms with Gasteiger partial charge in [-0.15, -0.1) is 0 Å². The van der Waals surface area contributed by atoms with Crippen molar-refractivity contribution in [3.8, 4) is 5.88 Å². The number of amides is 1. The fourth-order valence-electron chi connectivity index (χ4n) is 2.45. The molecule has 1 aromatic heterocycles. The Morgan fingerprint density at radius 1 is 1.33 bits per heavy atom. The largest absolute Gasteiger partial charge is 0.481 e. The van der Waals surface area contributed by atoms with Crippen LogP contribution in [0.3, 0.4) is 0 Å². The van der Waals surface area contributed by atoms with E-state index in [1.54, 1.807) is 30.2 Å². The van der Waals surface area contributed by atoms with Crippen LogP contribution in [0.25, 0.3) is 6.08 Å². The quantitative estimate of drug-likeness (QED) is 0.920. The molecule has 1 amide bonds. The van der Waals surface area contributed by atoms with Crippen LogP contribution in [0.5, 0.6) is 5.88 Å². The molecular formula is C18H26N2O4. The molecule has 0 saturated carbocycles. The average molecular weight is 334 g/mol. The van der Waals surface area contributed by atoms with E-state index in [1.807, 2.05) is 32.9 Å². The van der Waals surface area contributed by atoms with Crippen molar-refractivity contribution >= 4 is 12.2 Å². The fourth-order valence-corrected chi connectivity index (χ4v) is 2.45. The molecule has 1 aliphatic heterocycles. The second kappa shape index (κ2) is 7.21. The van der Waals surface area contributed by atoms with Crippen molar-refractivity contribution < 1.29 is 19.4 Å². The Morgan fingerprint density at radius 2 is 2.00 bits per heavy atom. The highest BCUT2D eigenvalue weighted by Crippen LogP contribution is 2.25. The molecule has 0 spiro atoms. The fraction of sp³-hybridized carbons (Fsp3) is 0.556. The third kappa shape index (κ3) is 5.23. The number of likely N-dealkylation sites (tertiary alicyclic amines) is 1. The molecular weight excluding hydrogens is 308 g/mol. The molecule has 2 rings (SSSR count). The Kier molecular flexibility index (Phi) is 5.49. The zero-order valence-electron chi connectivity index (χ0n) is 14.8. The predicted molar refractivity (Wildman–Crippen MR) is 91.8 cm³/mol. The number of aliphatic hydroxyl groups is 1. The van der Waals surface area contributed by atoms with E-state index in [1.165, 1.54) is 0 Å². The number of hydrogen-bond acceptors (Lipinski definition) is 5. The molecule has 0 aliphatic carbocycles. The van der Waals surface area contributed by atoms with Gasteiger partial charge in [0, 0.05) is 19.2 Å². The normalized spacial score (nSPS) is 17.8. The molecule has 1 N–H and O–H groups in total.